The first kappa shape index (κ1) is 24.3. The molecule has 0 aromatic rings. The van der Waals surface area contributed by atoms with Crippen LogP contribution in [0.15, 0.2) is 0 Å². The van der Waals surface area contributed by atoms with Crippen LogP contribution in [0.2, 0.25) is 0 Å². The SMILES string of the molecule is [Br-].[CH2-]CC[C@H](C)CCC[C@H](C)CCCC(C)C.[Mg+2]. The topological polar surface area (TPSA) is 0 Å². The van der Waals surface area contributed by atoms with Crippen molar-refractivity contribution in [2.45, 2.75) is 79.1 Å². The van der Waals surface area contributed by atoms with Gasteiger partial charge in [-0.25, -0.2) is 0 Å². The molecule has 0 saturated carbocycles. The molecule has 18 heavy (non-hydrogen) atoms. The van der Waals surface area contributed by atoms with Gasteiger partial charge < -0.3 is 23.9 Å². The maximum Gasteiger partial charge on any atom is 2.00 e. The summed E-state index contributed by atoms with van der Waals surface area (Å²) in [7, 11) is 0. The van der Waals surface area contributed by atoms with Crippen molar-refractivity contribution >= 4 is 23.1 Å². The van der Waals surface area contributed by atoms with E-state index in [1.54, 1.807) is 0 Å². The van der Waals surface area contributed by atoms with Gasteiger partial charge >= 0.3 is 23.1 Å². The molecule has 0 saturated heterocycles. The van der Waals surface area contributed by atoms with E-state index < -0.39 is 0 Å². The molecule has 2 heteroatoms. The minimum absolute atomic E-state index is 0. The van der Waals surface area contributed by atoms with Crippen molar-refractivity contribution in [1.29, 1.82) is 0 Å². The molecule has 0 N–H and O–H groups in total. The van der Waals surface area contributed by atoms with E-state index in [0.29, 0.717) is 0 Å². The van der Waals surface area contributed by atoms with Crippen molar-refractivity contribution in [3.8, 4) is 0 Å². The summed E-state index contributed by atoms with van der Waals surface area (Å²) >= 11 is 0. The van der Waals surface area contributed by atoms with E-state index in [4.69, 9.17) is 0 Å². The van der Waals surface area contributed by atoms with Gasteiger partial charge in [0.05, 0.1) is 0 Å². The van der Waals surface area contributed by atoms with Gasteiger partial charge in [-0.1, -0.05) is 72.6 Å². The Balaban J connectivity index is -0.00000112. The summed E-state index contributed by atoms with van der Waals surface area (Å²) in [5.41, 5.74) is 0. The first-order valence-electron chi connectivity index (χ1n) is 7.35. The summed E-state index contributed by atoms with van der Waals surface area (Å²) in [6.45, 7) is 13.4. The first-order valence-corrected chi connectivity index (χ1v) is 7.35. The second-order valence-corrected chi connectivity index (χ2v) is 6.11. The Labute approximate surface area is 143 Å². The Morgan fingerprint density at radius 1 is 0.722 bits per heavy atom. The van der Waals surface area contributed by atoms with E-state index in [0.717, 1.165) is 24.2 Å². The van der Waals surface area contributed by atoms with Gasteiger partial charge in [0.1, 0.15) is 0 Å². The average Bonchev–Trinajstić information content (AvgIpc) is 2.17. The van der Waals surface area contributed by atoms with Crippen molar-refractivity contribution in [2.75, 3.05) is 0 Å². The maximum absolute atomic E-state index is 3.93. The van der Waals surface area contributed by atoms with Gasteiger partial charge in [-0.3, -0.25) is 0 Å². The maximum atomic E-state index is 3.93. The van der Waals surface area contributed by atoms with Crippen molar-refractivity contribution in [2.24, 2.45) is 17.8 Å². The van der Waals surface area contributed by atoms with Gasteiger partial charge in [0.25, 0.3) is 0 Å². The van der Waals surface area contributed by atoms with Gasteiger partial charge in [0.15, 0.2) is 0 Å². The number of rotatable bonds is 10. The van der Waals surface area contributed by atoms with Crippen LogP contribution in [0.1, 0.15) is 79.1 Å². The van der Waals surface area contributed by atoms with Gasteiger partial charge in [0, 0.05) is 0 Å². The molecule has 0 rings (SSSR count). The van der Waals surface area contributed by atoms with E-state index in [1.165, 1.54) is 44.9 Å². The summed E-state index contributed by atoms with van der Waals surface area (Å²) in [4.78, 5) is 0. The quantitative estimate of drug-likeness (QED) is 0.427. The molecule has 0 amide bonds. The van der Waals surface area contributed by atoms with E-state index in [9.17, 15) is 0 Å². The second kappa shape index (κ2) is 16.3. The average molecular weight is 330 g/mol. The Hall–Kier alpha value is 1.25. The van der Waals surface area contributed by atoms with E-state index in [1.807, 2.05) is 0 Å². The van der Waals surface area contributed by atoms with Crippen LogP contribution in [0.4, 0.5) is 0 Å². The fraction of sp³-hybridized carbons (Fsp3) is 0.938. The Morgan fingerprint density at radius 2 is 1.11 bits per heavy atom. The second-order valence-electron chi connectivity index (χ2n) is 6.11. The third kappa shape index (κ3) is 17.2. The molecule has 0 bridgehead atoms. The van der Waals surface area contributed by atoms with E-state index >= 15 is 0 Å². The van der Waals surface area contributed by atoms with Crippen molar-refractivity contribution in [3.05, 3.63) is 6.92 Å². The molecule has 0 aromatic carbocycles. The van der Waals surface area contributed by atoms with Crippen LogP contribution < -0.4 is 17.0 Å². The molecular weight excluding hydrogens is 296 g/mol. The predicted octanol–water partition coefficient (Wildman–Crippen LogP) is 2.49. The minimum atomic E-state index is 0. The molecule has 0 aromatic heterocycles. The number of hydrogen-bond acceptors (Lipinski definition) is 0. The van der Waals surface area contributed by atoms with Crippen LogP contribution in [-0.4, -0.2) is 23.1 Å². The molecule has 0 fully saturated rings. The Bertz CT molecular complexity index is 148. The summed E-state index contributed by atoms with van der Waals surface area (Å²) in [5, 5.41) is 0. The van der Waals surface area contributed by atoms with Gasteiger partial charge in [-0.2, -0.15) is 6.42 Å². The van der Waals surface area contributed by atoms with Crippen molar-refractivity contribution in [1.82, 2.24) is 0 Å². The summed E-state index contributed by atoms with van der Waals surface area (Å²) < 4.78 is 0. The van der Waals surface area contributed by atoms with Crippen LogP contribution in [0.5, 0.6) is 0 Å². The molecule has 0 unspecified atom stereocenters. The van der Waals surface area contributed by atoms with Crippen LogP contribution in [-0.2, 0) is 0 Å². The molecule has 0 radical (unpaired) electrons. The standard InChI is InChI=1S/C16H33.BrH.Mg/c1-6-9-15(4)12-8-13-16(5)11-7-10-14(2)3;;/h14-16H,1,6-13H2,2-5H3;1H;/q-1;;+2/p-1/t15-,16+;;/m0../s1. The fourth-order valence-electron chi connectivity index (χ4n) is 2.33. The molecule has 106 valence electrons. The van der Waals surface area contributed by atoms with Crippen LogP contribution in [0, 0.1) is 24.7 Å². The van der Waals surface area contributed by atoms with Crippen molar-refractivity contribution in [3.63, 3.8) is 0 Å². The molecule has 0 heterocycles. The molecule has 0 aliphatic rings. The summed E-state index contributed by atoms with van der Waals surface area (Å²) in [5.74, 6) is 2.70. The normalized spacial score (nSPS) is 13.7. The molecule has 0 aliphatic carbocycles. The molecule has 2 atom stereocenters. The van der Waals surface area contributed by atoms with E-state index in [-0.39, 0.29) is 40.0 Å². The third-order valence-electron chi connectivity index (χ3n) is 3.57. The minimum Gasteiger partial charge on any atom is -1.00 e. The zero-order chi connectivity index (χ0) is 12.4. The summed E-state index contributed by atoms with van der Waals surface area (Å²) in [6, 6.07) is 0. The third-order valence-corrected chi connectivity index (χ3v) is 3.57. The zero-order valence-electron chi connectivity index (χ0n) is 13.2. The molecule has 0 spiro atoms. The van der Waals surface area contributed by atoms with Crippen molar-refractivity contribution < 1.29 is 17.0 Å². The van der Waals surface area contributed by atoms with Gasteiger partial charge in [0.2, 0.25) is 0 Å². The largest absolute Gasteiger partial charge is 2.00 e. The zero-order valence-corrected chi connectivity index (χ0v) is 16.2. The van der Waals surface area contributed by atoms with Crippen LogP contribution >= 0.6 is 0 Å². The first-order chi connectivity index (χ1) is 7.56. The Kier molecular flexibility index (Phi) is 22.0. The van der Waals surface area contributed by atoms with Gasteiger partial charge in [-0.05, 0) is 17.8 Å². The number of halogens is 1. The van der Waals surface area contributed by atoms with Crippen LogP contribution in [0.25, 0.3) is 0 Å². The molecule has 0 aliphatic heterocycles. The molecular formula is C16H33BrMg. The Morgan fingerprint density at radius 3 is 1.50 bits per heavy atom. The number of hydrogen-bond donors (Lipinski definition) is 0. The molecule has 0 nitrogen and oxygen atoms in total. The monoisotopic (exact) mass is 328 g/mol. The smallest absolute Gasteiger partial charge is 1.00 e. The van der Waals surface area contributed by atoms with Gasteiger partial charge in [-0.15, -0.1) is 0 Å². The summed E-state index contributed by atoms with van der Waals surface area (Å²) in [6.07, 6.45) is 10.9. The fourth-order valence-corrected chi connectivity index (χ4v) is 2.33. The van der Waals surface area contributed by atoms with Crippen LogP contribution in [0.3, 0.4) is 0 Å². The predicted molar refractivity (Wildman–Crippen MR) is 81.2 cm³/mol. The van der Waals surface area contributed by atoms with E-state index in [2.05, 4.69) is 34.6 Å².